The molecule has 0 atom stereocenters. The van der Waals surface area contributed by atoms with E-state index in [4.69, 9.17) is 21.6 Å². The summed E-state index contributed by atoms with van der Waals surface area (Å²) in [6.07, 6.45) is 3.49. The van der Waals surface area contributed by atoms with Crippen LogP contribution in [0.25, 0.3) is 11.5 Å². The molecule has 1 aliphatic carbocycles. The third kappa shape index (κ3) is 4.83. The summed E-state index contributed by atoms with van der Waals surface area (Å²) in [7, 11) is 1.93. The van der Waals surface area contributed by atoms with Crippen LogP contribution in [0.4, 0.5) is 5.82 Å². The SMILES string of the molecule is Cc1cc(Cl)cc(-c2nc3c(c(N(C)CC(=O)CC(C)(C)C)n2)CCC3)n1. The third-order valence-electron chi connectivity index (χ3n) is 4.56. The number of pyridine rings is 1. The van der Waals surface area contributed by atoms with Gasteiger partial charge in [0, 0.05) is 35.4 Å². The average Bonchev–Trinajstić information content (AvgIpc) is 2.99. The van der Waals surface area contributed by atoms with Crippen molar-refractivity contribution in [1.82, 2.24) is 15.0 Å². The lowest BCUT2D eigenvalue weighted by Gasteiger charge is -2.23. The summed E-state index contributed by atoms with van der Waals surface area (Å²) in [5.74, 6) is 1.63. The molecule has 0 bridgehead atoms. The summed E-state index contributed by atoms with van der Waals surface area (Å²) in [5.41, 5.74) is 3.70. The van der Waals surface area contributed by atoms with Crippen LogP contribution in [0.1, 0.15) is 50.6 Å². The number of rotatable bonds is 5. The molecule has 0 saturated heterocycles. The minimum absolute atomic E-state index is 0.0149. The minimum Gasteiger partial charge on any atom is -0.352 e. The Hall–Kier alpha value is -2.01. The van der Waals surface area contributed by atoms with Gasteiger partial charge in [-0.2, -0.15) is 0 Å². The maximum absolute atomic E-state index is 12.5. The van der Waals surface area contributed by atoms with E-state index in [2.05, 4.69) is 25.8 Å². The smallest absolute Gasteiger partial charge is 0.180 e. The van der Waals surface area contributed by atoms with E-state index in [9.17, 15) is 4.79 Å². The predicted molar refractivity (Wildman–Crippen MR) is 109 cm³/mol. The summed E-state index contributed by atoms with van der Waals surface area (Å²) >= 11 is 6.20. The monoisotopic (exact) mass is 386 g/mol. The number of aromatic nitrogens is 3. The number of likely N-dealkylation sites (N-methyl/N-ethyl adjacent to an activating group) is 1. The molecule has 2 aromatic rings. The first-order valence-corrected chi connectivity index (χ1v) is 9.77. The van der Waals surface area contributed by atoms with Crippen molar-refractivity contribution in [3.8, 4) is 11.5 Å². The van der Waals surface area contributed by atoms with Crippen molar-refractivity contribution in [1.29, 1.82) is 0 Å². The van der Waals surface area contributed by atoms with E-state index in [1.165, 1.54) is 0 Å². The lowest BCUT2D eigenvalue weighted by Crippen LogP contribution is -2.30. The molecule has 2 aromatic heterocycles. The van der Waals surface area contributed by atoms with Gasteiger partial charge in [0.25, 0.3) is 0 Å². The molecular weight excluding hydrogens is 360 g/mol. The maximum Gasteiger partial charge on any atom is 0.180 e. The van der Waals surface area contributed by atoms with Gasteiger partial charge < -0.3 is 4.90 Å². The Labute approximate surface area is 166 Å². The molecule has 3 rings (SSSR count). The molecule has 5 nitrogen and oxygen atoms in total. The zero-order chi connectivity index (χ0) is 19.8. The van der Waals surface area contributed by atoms with Gasteiger partial charge >= 0.3 is 0 Å². The first kappa shape index (κ1) is 19.7. The van der Waals surface area contributed by atoms with E-state index in [0.29, 0.717) is 29.5 Å². The molecule has 0 aliphatic heterocycles. The van der Waals surface area contributed by atoms with Gasteiger partial charge in [-0.25, -0.2) is 15.0 Å². The van der Waals surface area contributed by atoms with Crippen molar-refractivity contribution < 1.29 is 4.79 Å². The van der Waals surface area contributed by atoms with Crippen LogP contribution in [0, 0.1) is 12.3 Å². The summed E-state index contributed by atoms with van der Waals surface area (Å²) in [5, 5.41) is 0.622. The number of carbonyl (C=O) groups excluding carboxylic acids is 1. The van der Waals surface area contributed by atoms with Crippen LogP contribution in [0.2, 0.25) is 5.02 Å². The fraction of sp³-hybridized carbons (Fsp3) is 0.524. The highest BCUT2D eigenvalue weighted by molar-refractivity contribution is 6.30. The van der Waals surface area contributed by atoms with Crippen molar-refractivity contribution in [2.24, 2.45) is 5.41 Å². The fourth-order valence-electron chi connectivity index (χ4n) is 3.57. The summed E-state index contributed by atoms with van der Waals surface area (Å²) in [4.78, 5) is 28.5. The van der Waals surface area contributed by atoms with Gasteiger partial charge in [0.15, 0.2) is 11.6 Å². The van der Waals surface area contributed by atoms with Crippen molar-refractivity contribution in [3.63, 3.8) is 0 Å². The van der Waals surface area contributed by atoms with Crippen molar-refractivity contribution in [2.45, 2.75) is 53.4 Å². The molecule has 144 valence electrons. The van der Waals surface area contributed by atoms with Crippen LogP contribution in [0.5, 0.6) is 0 Å². The standard InChI is InChI=1S/C21H27ClN4O/c1-13-9-14(22)10-18(23-13)19-24-17-8-6-7-16(17)20(25-19)26(5)12-15(27)11-21(2,3)4/h9-10H,6-8,11-12H2,1-5H3. The molecule has 6 heteroatoms. The first-order chi connectivity index (χ1) is 12.6. The molecule has 0 N–H and O–H groups in total. The Balaban J connectivity index is 1.95. The molecule has 2 heterocycles. The molecule has 27 heavy (non-hydrogen) atoms. The van der Waals surface area contributed by atoms with Crippen LogP contribution >= 0.6 is 11.6 Å². The van der Waals surface area contributed by atoms with Crippen molar-refractivity contribution >= 4 is 23.2 Å². The number of Topliss-reactive ketones (excluding diaryl/α,β-unsaturated/α-hetero) is 1. The number of halogens is 1. The Morgan fingerprint density at radius 2 is 1.93 bits per heavy atom. The highest BCUT2D eigenvalue weighted by Gasteiger charge is 2.24. The topological polar surface area (TPSA) is 59.0 Å². The normalized spacial score (nSPS) is 13.6. The molecule has 0 radical (unpaired) electrons. The highest BCUT2D eigenvalue weighted by atomic mass is 35.5. The Kier molecular flexibility index (Phi) is 5.52. The largest absolute Gasteiger partial charge is 0.352 e. The Morgan fingerprint density at radius 3 is 2.59 bits per heavy atom. The Bertz CT molecular complexity index is 853. The Morgan fingerprint density at radius 1 is 1.19 bits per heavy atom. The van der Waals surface area contributed by atoms with E-state index in [0.717, 1.165) is 42.0 Å². The molecule has 0 spiro atoms. The number of nitrogens with zero attached hydrogens (tertiary/aromatic N) is 4. The maximum atomic E-state index is 12.5. The van der Waals surface area contributed by atoms with Crippen LogP contribution in [0.3, 0.4) is 0 Å². The lowest BCUT2D eigenvalue weighted by molar-refractivity contribution is -0.119. The average molecular weight is 387 g/mol. The molecule has 0 fully saturated rings. The molecule has 0 amide bonds. The second kappa shape index (κ2) is 7.55. The number of hydrogen-bond acceptors (Lipinski definition) is 5. The molecule has 0 saturated carbocycles. The van der Waals surface area contributed by atoms with Gasteiger partial charge in [-0.05, 0) is 43.7 Å². The van der Waals surface area contributed by atoms with Gasteiger partial charge in [0.05, 0.1) is 6.54 Å². The predicted octanol–water partition coefficient (Wildman–Crippen LogP) is 4.43. The van der Waals surface area contributed by atoms with E-state index < -0.39 is 0 Å². The molecular formula is C21H27ClN4O. The number of aryl methyl sites for hydroxylation is 2. The lowest BCUT2D eigenvalue weighted by atomic mass is 9.90. The van der Waals surface area contributed by atoms with Crippen LogP contribution in [-0.2, 0) is 17.6 Å². The molecule has 0 aromatic carbocycles. The van der Waals surface area contributed by atoms with E-state index >= 15 is 0 Å². The van der Waals surface area contributed by atoms with Gasteiger partial charge in [-0.15, -0.1) is 0 Å². The third-order valence-corrected chi connectivity index (χ3v) is 4.78. The van der Waals surface area contributed by atoms with E-state index in [1.54, 1.807) is 6.07 Å². The summed E-state index contributed by atoms with van der Waals surface area (Å²) < 4.78 is 0. The van der Waals surface area contributed by atoms with Gasteiger partial charge in [-0.1, -0.05) is 32.4 Å². The highest BCUT2D eigenvalue weighted by Crippen LogP contribution is 2.31. The molecule has 1 aliphatic rings. The first-order valence-electron chi connectivity index (χ1n) is 9.39. The van der Waals surface area contributed by atoms with E-state index in [1.807, 2.05) is 24.9 Å². The minimum atomic E-state index is -0.0149. The number of carbonyl (C=O) groups is 1. The second-order valence-electron chi connectivity index (χ2n) is 8.59. The second-order valence-corrected chi connectivity index (χ2v) is 9.03. The van der Waals surface area contributed by atoms with Crippen molar-refractivity contribution in [2.75, 3.05) is 18.5 Å². The van der Waals surface area contributed by atoms with Crippen LogP contribution < -0.4 is 4.90 Å². The zero-order valence-electron chi connectivity index (χ0n) is 16.8. The van der Waals surface area contributed by atoms with Gasteiger partial charge in [-0.3, -0.25) is 4.79 Å². The quantitative estimate of drug-likeness (QED) is 0.760. The van der Waals surface area contributed by atoms with Crippen LogP contribution in [0.15, 0.2) is 12.1 Å². The van der Waals surface area contributed by atoms with E-state index in [-0.39, 0.29) is 11.2 Å². The summed E-state index contributed by atoms with van der Waals surface area (Å²) in [6, 6.07) is 3.61. The number of anilines is 1. The van der Waals surface area contributed by atoms with Gasteiger partial charge in [0.1, 0.15) is 11.5 Å². The van der Waals surface area contributed by atoms with Crippen LogP contribution in [-0.4, -0.2) is 34.3 Å². The zero-order valence-corrected chi connectivity index (χ0v) is 17.5. The molecule has 0 unspecified atom stereocenters. The van der Waals surface area contributed by atoms with Gasteiger partial charge in [0.2, 0.25) is 0 Å². The number of hydrogen-bond donors (Lipinski definition) is 0. The fourth-order valence-corrected chi connectivity index (χ4v) is 3.83. The van der Waals surface area contributed by atoms with Crippen molar-refractivity contribution in [3.05, 3.63) is 34.1 Å². The summed E-state index contributed by atoms with van der Waals surface area (Å²) in [6.45, 7) is 8.50. The number of ketones is 1. The number of fused-ring (bicyclic) bond motifs is 1.